The number of hydrogen-bond acceptors (Lipinski definition) is 1. The second-order valence-electron chi connectivity index (χ2n) is 4.46. The van der Waals surface area contributed by atoms with Gasteiger partial charge in [0.05, 0.1) is 5.60 Å². The Bertz CT molecular complexity index is 197. The van der Waals surface area contributed by atoms with Crippen LogP contribution in [0.1, 0.15) is 39.0 Å². The molecular weight excluding hydrogens is 136 g/mol. The fraction of sp³-hybridized carbons (Fsp3) is 0.800. The quantitative estimate of drug-likeness (QED) is 0.571. The molecule has 2 rings (SSSR count). The Balaban J connectivity index is 2.27. The topological polar surface area (TPSA) is 20.2 Å². The van der Waals surface area contributed by atoms with Crippen molar-refractivity contribution < 1.29 is 5.11 Å². The van der Waals surface area contributed by atoms with Gasteiger partial charge in [-0.2, -0.15) is 0 Å². The number of rotatable bonds is 1. The predicted molar refractivity (Wildman–Crippen MR) is 45.3 cm³/mol. The highest BCUT2D eigenvalue weighted by Gasteiger charge is 2.53. The van der Waals surface area contributed by atoms with E-state index < -0.39 is 0 Å². The molecule has 2 fully saturated rings. The van der Waals surface area contributed by atoms with Crippen molar-refractivity contribution in [1.29, 1.82) is 0 Å². The van der Waals surface area contributed by atoms with Gasteiger partial charge in [0.15, 0.2) is 0 Å². The van der Waals surface area contributed by atoms with E-state index in [0.717, 1.165) is 19.3 Å². The van der Waals surface area contributed by atoms with Gasteiger partial charge in [-0.25, -0.2) is 0 Å². The molecule has 2 aliphatic carbocycles. The minimum Gasteiger partial charge on any atom is -0.390 e. The van der Waals surface area contributed by atoms with Crippen molar-refractivity contribution in [3.8, 4) is 0 Å². The third-order valence-electron chi connectivity index (χ3n) is 3.71. The maximum absolute atomic E-state index is 9.91. The lowest BCUT2D eigenvalue weighted by molar-refractivity contribution is 0.0521. The summed E-state index contributed by atoms with van der Waals surface area (Å²) in [4.78, 5) is 0. The first-order valence-corrected chi connectivity index (χ1v) is 4.45. The van der Waals surface area contributed by atoms with Crippen molar-refractivity contribution in [1.82, 2.24) is 0 Å². The zero-order valence-electron chi connectivity index (χ0n) is 7.19. The smallest absolute Gasteiger partial charge is 0.0656 e. The van der Waals surface area contributed by atoms with E-state index in [-0.39, 0.29) is 5.60 Å². The molecule has 2 bridgehead atoms. The van der Waals surface area contributed by atoms with E-state index in [2.05, 4.69) is 13.5 Å². The first-order chi connectivity index (χ1) is 5.06. The monoisotopic (exact) mass is 152 g/mol. The Hall–Kier alpha value is -0.300. The summed E-state index contributed by atoms with van der Waals surface area (Å²) in [5.74, 6) is 0. The third kappa shape index (κ3) is 0.871. The summed E-state index contributed by atoms with van der Waals surface area (Å²) in [6.07, 6.45) is 5.31. The van der Waals surface area contributed by atoms with Crippen LogP contribution < -0.4 is 0 Å². The summed E-state index contributed by atoms with van der Waals surface area (Å²) < 4.78 is 0. The molecule has 62 valence electrons. The summed E-state index contributed by atoms with van der Waals surface area (Å²) in [6.45, 7) is 6.14. The second kappa shape index (κ2) is 1.89. The van der Waals surface area contributed by atoms with E-state index in [9.17, 15) is 5.11 Å². The van der Waals surface area contributed by atoms with Crippen LogP contribution in [0.2, 0.25) is 0 Å². The number of hydrogen-bond donors (Lipinski definition) is 1. The fourth-order valence-electron chi connectivity index (χ4n) is 2.76. The highest BCUT2D eigenvalue weighted by Crippen LogP contribution is 2.59. The Morgan fingerprint density at radius 2 is 1.82 bits per heavy atom. The zero-order valence-corrected chi connectivity index (χ0v) is 7.19. The van der Waals surface area contributed by atoms with Gasteiger partial charge in [-0.3, -0.25) is 0 Å². The first-order valence-electron chi connectivity index (χ1n) is 4.45. The van der Waals surface area contributed by atoms with Crippen LogP contribution in [0.3, 0.4) is 0 Å². The Morgan fingerprint density at radius 1 is 1.27 bits per heavy atom. The lowest BCUT2D eigenvalue weighted by Crippen LogP contribution is -2.20. The van der Waals surface area contributed by atoms with Crippen molar-refractivity contribution in [3.63, 3.8) is 0 Å². The minimum absolute atomic E-state index is 0.307. The van der Waals surface area contributed by atoms with Crippen LogP contribution in [-0.4, -0.2) is 10.7 Å². The molecule has 0 aromatic carbocycles. The van der Waals surface area contributed by atoms with Gasteiger partial charge in [-0.1, -0.05) is 12.2 Å². The molecule has 1 N–H and O–H groups in total. The zero-order chi connectivity index (χ0) is 8.11. The molecule has 1 heteroatoms. The van der Waals surface area contributed by atoms with Crippen LogP contribution in [0.15, 0.2) is 12.2 Å². The maximum Gasteiger partial charge on any atom is 0.0656 e. The van der Waals surface area contributed by atoms with Crippen LogP contribution in [0.4, 0.5) is 0 Å². The molecule has 0 amide bonds. The van der Waals surface area contributed by atoms with Crippen molar-refractivity contribution in [2.24, 2.45) is 5.41 Å². The van der Waals surface area contributed by atoms with Gasteiger partial charge in [-0.15, -0.1) is 0 Å². The fourth-order valence-corrected chi connectivity index (χ4v) is 2.76. The van der Waals surface area contributed by atoms with Gasteiger partial charge < -0.3 is 5.11 Å². The average molecular weight is 152 g/mol. The van der Waals surface area contributed by atoms with E-state index >= 15 is 0 Å². The third-order valence-corrected chi connectivity index (χ3v) is 3.71. The minimum atomic E-state index is -0.307. The second-order valence-corrected chi connectivity index (χ2v) is 4.46. The van der Waals surface area contributed by atoms with Crippen molar-refractivity contribution >= 4 is 0 Å². The van der Waals surface area contributed by atoms with Gasteiger partial charge in [0.1, 0.15) is 0 Å². The average Bonchev–Trinajstić information content (AvgIpc) is 2.42. The first kappa shape index (κ1) is 7.35. The largest absolute Gasteiger partial charge is 0.390 e. The number of allylic oxidation sites excluding steroid dienone is 1. The molecule has 0 aliphatic heterocycles. The lowest BCUT2D eigenvalue weighted by Gasteiger charge is -2.26. The maximum atomic E-state index is 9.91. The highest BCUT2D eigenvalue weighted by atomic mass is 16.3. The van der Waals surface area contributed by atoms with E-state index in [0.29, 0.717) is 5.41 Å². The van der Waals surface area contributed by atoms with Gasteiger partial charge in [0.25, 0.3) is 0 Å². The molecule has 1 nitrogen and oxygen atoms in total. The molecular formula is C10H16O. The number of fused-ring (bicyclic) bond motifs is 2. The Morgan fingerprint density at radius 3 is 2.00 bits per heavy atom. The van der Waals surface area contributed by atoms with E-state index in [1.165, 1.54) is 18.4 Å². The van der Waals surface area contributed by atoms with E-state index in [1.54, 1.807) is 0 Å². The SMILES string of the molecule is C=C(C)C12CCC(O)(CC1)C2. The van der Waals surface area contributed by atoms with E-state index in [4.69, 9.17) is 0 Å². The number of aliphatic hydroxyl groups is 1. The van der Waals surface area contributed by atoms with Gasteiger partial charge >= 0.3 is 0 Å². The standard InChI is InChI=1S/C10H16O/c1-8(2)9-3-5-10(11,7-9)6-4-9/h11H,1,3-7H2,2H3. The Labute approximate surface area is 68.1 Å². The molecule has 0 aromatic rings. The molecule has 2 saturated carbocycles. The highest BCUT2D eigenvalue weighted by molar-refractivity contribution is 5.19. The van der Waals surface area contributed by atoms with Crippen LogP contribution >= 0.6 is 0 Å². The summed E-state index contributed by atoms with van der Waals surface area (Å²) in [5, 5.41) is 9.91. The van der Waals surface area contributed by atoms with Crippen LogP contribution in [0, 0.1) is 5.41 Å². The summed E-state index contributed by atoms with van der Waals surface area (Å²) in [5.41, 5.74) is 1.30. The van der Waals surface area contributed by atoms with Gasteiger partial charge in [-0.05, 0) is 44.4 Å². The van der Waals surface area contributed by atoms with Crippen molar-refractivity contribution in [3.05, 3.63) is 12.2 Å². The van der Waals surface area contributed by atoms with Crippen LogP contribution in [0.25, 0.3) is 0 Å². The normalized spacial score (nSPS) is 48.2. The molecule has 0 radical (unpaired) electrons. The molecule has 0 spiro atoms. The van der Waals surface area contributed by atoms with Crippen LogP contribution in [-0.2, 0) is 0 Å². The molecule has 0 heterocycles. The molecule has 0 saturated heterocycles. The molecule has 0 atom stereocenters. The van der Waals surface area contributed by atoms with Crippen molar-refractivity contribution in [2.45, 2.75) is 44.6 Å². The molecule has 2 aliphatic rings. The summed E-state index contributed by atoms with van der Waals surface area (Å²) in [7, 11) is 0. The molecule has 0 aromatic heterocycles. The van der Waals surface area contributed by atoms with Gasteiger partial charge in [0, 0.05) is 0 Å². The van der Waals surface area contributed by atoms with E-state index in [1.807, 2.05) is 0 Å². The molecule has 0 unspecified atom stereocenters. The van der Waals surface area contributed by atoms with Gasteiger partial charge in [0.2, 0.25) is 0 Å². The molecule has 11 heavy (non-hydrogen) atoms. The van der Waals surface area contributed by atoms with Crippen LogP contribution in [0.5, 0.6) is 0 Å². The predicted octanol–water partition coefficient (Wildman–Crippen LogP) is 2.26. The van der Waals surface area contributed by atoms with Crippen molar-refractivity contribution in [2.75, 3.05) is 0 Å². The summed E-state index contributed by atoms with van der Waals surface area (Å²) in [6, 6.07) is 0. The Kier molecular flexibility index (Phi) is 1.26. The lowest BCUT2D eigenvalue weighted by atomic mass is 9.79. The summed E-state index contributed by atoms with van der Waals surface area (Å²) >= 11 is 0.